The van der Waals surface area contributed by atoms with Crippen molar-refractivity contribution in [1.82, 2.24) is 10.7 Å². The lowest BCUT2D eigenvalue weighted by Crippen LogP contribution is -2.34. The van der Waals surface area contributed by atoms with Gasteiger partial charge < -0.3 is 10.1 Å². The average Bonchev–Trinajstić information content (AvgIpc) is 2.79. The highest BCUT2D eigenvalue weighted by Crippen LogP contribution is 2.22. The SMILES string of the molecule is O=C(CNC(=O)c1ccc(Cl)c(Cl)c1)N/N=C/c1ccccc1OCc1ccc(Br)cc1. The molecule has 2 N–H and O–H groups in total. The normalized spacial score (nSPS) is 10.7. The zero-order valence-electron chi connectivity index (χ0n) is 16.6. The predicted molar refractivity (Wildman–Crippen MR) is 129 cm³/mol. The Kier molecular flexibility index (Phi) is 8.67. The molecule has 32 heavy (non-hydrogen) atoms. The van der Waals surface area contributed by atoms with Crippen molar-refractivity contribution in [2.24, 2.45) is 5.10 Å². The zero-order chi connectivity index (χ0) is 22.9. The molecule has 3 aromatic rings. The Hall–Kier alpha value is -2.87. The van der Waals surface area contributed by atoms with E-state index >= 15 is 0 Å². The molecule has 0 atom stereocenters. The summed E-state index contributed by atoms with van der Waals surface area (Å²) in [6, 6.07) is 19.6. The molecule has 0 saturated carbocycles. The fourth-order valence-corrected chi connectivity index (χ4v) is 3.14. The van der Waals surface area contributed by atoms with E-state index in [1.807, 2.05) is 48.5 Å². The molecule has 2 amide bonds. The smallest absolute Gasteiger partial charge is 0.259 e. The second-order valence-corrected chi connectivity index (χ2v) is 8.29. The van der Waals surface area contributed by atoms with Crippen molar-refractivity contribution in [2.75, 3.05) is 6.54 Å². The summed E-state index contributed by atoms with van der Waals surface area (Å²) >= 11 is 15.1. The lowest BCUT2D eigenvalue weighted by molar-refractivity contribution is -0.120. The molecule has 0 spiro atoms. The molecular weight excluding hydrogens is 517 g/mol. The van der Waals surface area contributed by atoms with Gasteiger partial charge in [0.15, 0.2) is 0 Å². The van der Waals surface area contributed by atoms with Crippen molar-refractivity contribution in [3.63, 3.8) is 0 Å². The highest BCUT2D eigenvalue weighted by molar-refractivity contribution is 9.10. The number of carbonyl (C=O) groups is 2. The first kappa shape index (κ1) is 23.8. The van der Waals surface area contributed by atoms with Gasteiger partial charge in [-0.05, 0) is 48.0 Å². The van der Waals surface area contributed by atoms with Crippen molar-refractivity contribution >= 4 is 57.2 Å². The minimum Gasteiger partial charge on any atom is -0.488 e. The van der Waals surface area contributed by atoms with Crippen LogP contribution in [0.1, 0.15) is 21.5 Å². The molecule has 0 heterocycles. The third-order valence-electron chi connectivity index (χ3n) is 4.21. The maximum absolute atomic E-state index is 12.1. The van der Waals surface area contributed by atoms with Gasteiger partial charge in [-0.25, -0.2) is 5.43 Å². The van der Waals surface area contributed by atoms with E-state index in [0.29, 0.717) is 28.5 Å². The number of carbonyl (C=O) groups excluding carboxylic acids is 2. The molecule has 0 aliphatic carbocycles. The lowest BCUT2D eigenvalue weighted by atomic mass is 10.2. The summed E-state index contributed by atoms with van der Waals surface area (Å²) in [5.74, 6) is -0.307. The second-order valence-electron chi connectivity index (χ2n) is 6.56. The van der Waals surface area contributed by atoms with Crippen molar-refractivity contribution in [1.29, 1.82) is 0 Å². The van der Waals surface area contributed by atoms with Gasteiger partial charge in [0, 0.05) is 15.6 Å². The molecule has 3 rings (SSSR count). The minimum absolute atomic E-state index is 0.252. The van der Waals surface area contributed by atoms with E-state index in [0.717, 1.165) is 10.0 Å². The molecule has 0 aromatic heterocycles. The minimum atomic E-state index is -0.483. The van der Waals surface area contributed by atoms with Gasteiger partial charge in [-0.15, -0.1) is 0 Å². The number of benzene rings is 3. The van der Waals surface area contributed by atoms with E-state index in [9.17, 15) is 9.59 Å². The number of hydrogen-bond acceptors (Lipinski definition) is 4. The molecule has 0 aliphatic heterocycles. The third kappa shape index (κ3) is 7.09. The molecule has 164 valence electrons. The Morgan fingerprint density at radius 1 is 1.00 bits per heavy atom. The third-order valence-corrected chi connectivity index (χ3v) is 5.48. The van der Waals surface area contributed by atoms with Gasteiger partial charge in [-0.1, -0.05) is 63.4 Å². The van der Waals surface area contributed by atoms with Gasteiger partial charge >= 0.3 is 0 Å². The summed E-state index contributed by atoms with van der Waals surface area (Å²) in [6.45, 7) is 0.142. The van der Waals surface area contributed by atoms with Gasteiger partial charge in [-0.2, -0.15) is 5.10 Å². The van der Waals surface area contributed by atoms with E-state index < -0.39 is 11.8 Å². The van der Waals surface area contributed by atoms with Crippen LogP contribution in [0, 0.1) is 0 Å². The first-order valence-corrected chi connectivity index (χ1v) is 11.0. The van der Waals surface area contributed by atoms with Crippen molar-refractivity contribution < 1.29 is 14.3 Å². The molecule has 6 nitrogen and oxygen atoms in total. The molecule has 0 fully saturated rings. The number of hydrogen-bond donors (Lipinski definition) is 2. The number of nitrogens with zero attached hydrogens (tertiary/aromatic N) is 1. The van der Waals surface area contributed by atoms with Crippen LogP contribution in [-0.4, -0.2) is 24.6 Å². The quantitative estimate of drug-likeness (QED) is 0.307. The predicted octanol–water partition coefficient (Wildman–Crippen LogP) is 5.22. The van der Waals surface area contributed by atoms with E-state index in [4.69, 9.17) is 27.9 Å². The monoisotopic (exact) mass is 533 g/mol. The molecule has 3 aromatic carbocycles. The van der Waals surface area contributed by atoms with Crippen LogP contribution in [-0.2, 0) is 11.4 Å². The van der Waals surface area contributed by atoms with Crippen LogP contribution < -0.4 is 15.5 Å². The first-order chi connectivity index (χ1) is 15.4. The summed E-state index contributed by atoms with van der Waals surface area (Å²) in [5.41, 5.74) is 4.39. The van der Waals surface area contributed by atoms with Crippen LogP contribution in [0.2, 0.25) is 10.0 Å². The largest absolute Gasteiger partial charge is 0.488 e. The summed E-state index contributed by atoms with van der Waals surface area (Å²) in [5, 5.41) is 7.04. The van der Waals surface area contributed by atoms with Crippen molar-refractivity contribution in [3.05, 3.63) is 97.9 Å². The number of ether oxygens (including phenoxy) is 1. The lowest BCUT2D eigenvalue weighted by Gasteiger charge is -2.09. The van der Waals surface area contributed by atoms with Crippen molar-refractivity contribution in [3.8, 4) is 5.75 Å². The van der Waals surface area contributed by atoms with E-state index in [1.54, 1.807) is 0 Å². The van der Waals surface area contributed by atoms with Crippen LogP contribution in [0.15, 0.2) is 76.3 Å². The average molecular weight is 535 g/mol. The highest BCUT2D eigenvalue weighted by Gasteiger charge is 2.09. The van der Waals surface area contributed by atoms with E-state index in [-0.39, 0.29) is 11.6 Å². The van der Waals surface area contributed by atoms with E-state index in [2.05, 4.69) is 31.8 Å². The van der Waals surface area contributed by atoms with Gasteiger partial charge in [0.05, 0.1) is 22.8 Å². The number of rotatable bonds is 8. The number of nitrogens with one attached hydrogen (secondary N) is 2. The second kappa shape index (κ2) is 11.7. The maximum atomic E-state index is 12.1. The summed E-state index contributed by atoms with van der Waals surface area (Å²) in [6.07, 6.45) is 1.48. The standard InChI is InChI=1S/C23H18BrCl2N3O3/c24-18-8-5-15(6-9-18)14-32-21-4-2-1-3-17(21)12-28-29-22(30)13-27-23(31)16-7-10-19(25)20(26)11-16/h1-12H,13-14H2,(H,27,31)(H,29,30)/b28-12+. The topological polar surface area (TPSA) is 79.8 Å². The Morgan fingerprint density at radius 2 is 1.75 bits per heavy atom. The highest BCUT2D eigenvalue weighted by atomic mass is 79.9. The summed E-state index contributed by atoms with van der Waals surface area (Å²) in [4.78, 5) is 24.1. The summed E-state index contributed by atoms with van der Waals surface area (Å²) in [7, 11) is 0. The fraction of sp³-hybridized carbons (Fsp3) is 0.0870. The number of amides is 2. The molecule has 0 unspecified atom stereocenters. The summed E-state index contributed by atoms with van der Waals surface area (Å²) < 4.78 is 6.87. The first-order valence-electron chi connectivity index (χ1n) is 9.44. The van der Waals surface area contributed by atoms with Crippen molar-refractivity contribution in [2.45, 2.75) is 6.61 Å². The zero-order valence-corrected chi connectivity index (χ0v) is 19.7. The van der Waals surface area contributed by atoms with Gasteiger partial charge in [0.1, 0.15) is 12.4 Å². The van der Waals surface area contributed by atoms with Crippen LogP contribution in [0.4, 0.5) is 0 Å². The molecule has 0 radical (unpaired) electrons. The Bertz CT molecular complexity index is 1140. The molecule has 9 heteroatoms. The Balaban J connectivity index is 1.50. The Morgan fingerprint density at radius 3 is 2.50 bits per heavy atom. The van der Waals surface area contributed by atoms with Gasteiger partial charge in [0.25, 0.3) is 11.8 Å². The molecule has 0 saturated heterocycles. The maximum Gasteiger partial charge on any atom is 0.259 e. The number of para-hydroxylation sites is 1. The number of halogens is 3. The van der Waals surface area contributed by atoms with Crippen LogP contribution in [0.25, 0.3) is 0 Å². The Labute approximate surface area is 203 Å². The molecular formula is C23H18BrCl2N3O3. The van der Waals surface area contributed by atoms with Crippen LogP contribution in [0.3, 0.4) is 0 Å². The van der Waals surface area contributed by atoms with Gasteiger partial charge in [-0.3, -0.25) is 9.59 Å². The van der Waals surface area contributed by atoms with Crippen LogP contribution >= 0.6 is 39.1 Å². The molecule has 0 bridgehead atoms. The molecule has 0 aliphatic rings. The number of hydrazone groups is 1. The van der Waals surface area contributed by atoms with E-state index in [1.165, 1.54) is 24.4 Å². The van der Waals surface area contributed by atoms with Gasteiger partial charge in [0.2, 0.25) is 0 Å². The fourth-order valence-electron chi connectivity index (χ4n) is 2.57. The van der Waals surface area contributed by atoms with Crippen LogP contribution in [0.5, 0.6) is 5.75 Å².